The van der Waals surface area contributed by atoms with Gasteiger partial charge in [0.2, 0.25) is 5.91 Å². The van der Waals surface area contributed by atoms with Gasteiger partial charge in [-0.2, -0.15) is 5.06 Å². The highest BCUT2D eigenvalue weighted by Crippen LogP contribution is 2.32. The topological polar surface area (TPSA) is 70.2 Å². The first kappa shape index (κ1) is 20.2. The van der Waals surface area contributed by atoms with Gasteiger partial charge in [-0.1, -0.05) is 39.0 Å². The lowest BCUT2D eigenvalue weighted by Gasteiger charge is -2.39. The van der Waals surface area contributed by atoms with Crippen molar-refractivity contribution in [3.05, 3.63) is 29.8 Å². The van der Waals surface area contributed by atoms with E-state index >= 15 is 0 Å². The van der Waals surface area contributed by atoms with Crippen LogP contribution in [0.1, 0.15) is 46.1 Å². The molecule has 2 fully saturated rings. The van der Waals surface area contributed by atoms with Gasteiger partial charge < -0.3 is 14.6 Å². The molecule has 0 saturated carbocycles. The number of rotatable bonds is 3. The molecule has 0 bridgehead atoms. The van der Waals surface area contributed by atoms with Gasteiger partial charge in [0.1, 0.15) is 6.04 Å². The van der Waals surface area contributed by atoms with Crippen molar-refractivity contribution in [2.75, 3.05) is 31.1 Å². The Kier molecular flexibility index (Phi) is 5.63. The molecule has 2 aliphatic heterocycles. The van der Waals surface area contributed by atoms with E-state index in [1.807, 2.05) is 6.07 Å². The number of hydrogen-bond acceptors (Lipinski definition) is 5. The Labute approximate surface area is 166 Å². The summed E-state index contributed by atoms with van der Waals surface area (Å²) in [5.41, 5.74) is 2.54. The average molecular weight is 387 g/mol. The van der Waals surface area contributed by atoms with Crippen molar-refractivity contribution in [3.63, 3.8) is 0 Å². The Bertz CT molecular complexity index is 763. The highest BCUT2D eigenvalue weighted by molar-refractivity contribution is 5.91. The summed E-state index contributed by atoms with van der Waals surface area (Å²) < 4.78 is 0. The van der Waals surface area contributed by atoms with Crippen LogP contribution in [0.15, 0.2) is 24.3 Å². The molecule has 1 aromatic carbocycles. The van der Waals surface area contributed by atoms with E-state index in [2.05, 4.69) is 43.9 Å². The number of hydroxylamine groups is 2. The van der Waals surface area contributed by atoms with E-state index in [-0.39, 0.29) is 23.7 Å². The number of carbonyl (C=O) groups excluding carboxylic acids is 3. The standard InChI is InChI=1S/C21H29N3O4/c1-15(25)28-24-18(9-10-19(24)26)20(27)23-13-11-22(12-14-23)17-8-6-5-7-16(17)21(2,3)4/h5-8,18H,9-14H2,1-4H3. The lowest BCUT2D eigenvalue weighted by Crippen LogP contribution is -2.54. The van der Waals surface area contributed by atoms with Crippen LogP contribution in [-0.4, -0.2) is 60.0 Å². The van der Waals surface area contributed by atoms with Gasteiger partial charge in [-0.05, 0) is 23.5 Å². The van der Waals surface area contributed by atoms with Crippen LogP contribution >= 0.6 is 0 Å². The molecule has 1 aromatic rings. The second-order valence-electron chi connectivity index (χ2n) is 8.44. The number of piperazine rings is 1. The van der Waals surface area contributed by atoms with Crippen molar-refractivity contribution < 1.29 is 19.2 Å². The van der Waals surface area contributed by atoms with Gasteiger partial charge in [-0.25, -0.2) is 0 Å². The van der Waals surface area contributed by atoms with Crippen molar-refractivity contribution in [2.24, 2.45) is 0 Å². The molecule has 1 atom stereocenters. The van der Waals surface area contributed by atoms with Crippen molar-refractivity contribution >= 4 is 23.5 Å². The Morgan fingerprint density at radius 2 is 1.71 bits per heavy atom. The van der Waals surface area contributed by atoms with Crippen molar-refractivity contribution in [2.45, 2.75) is 52.0 Å². The van der Waals surface area contributed by atoms with Crippen LogP contribution in [-0.2, 0) is 24.6 Å². The molecule has 2 aliphatic rings. The fourth-order valence-electron chi connectivity index (χ4n) is 3.90. The van der Waals surface area contributed by atoms with E-state index in [4.69, 9.17) is 4.84 Å². The Hall–Kier alpha value is -2.57. The molecule has 2 amide bonds. The summed E-state index contributed by atoms with van der Waals surface area (Å²) in [7, 11) is 0. The van der Waals surface area contributed by atoms with Gasteiger partial charge in [0, 0.05) is 45.2 Å². The van der Waals surface area contributed by atoms with Crippen LogP contribution in [0, 0.1) is 0 Å². The maximum atomic E-state index is 12.9. The fraction of sp³-hybridized carbons (Fsp3) is 0.571. The minimum absolute atomic E-state index is 0.0400. The molecule has 2 saturated heterocycles. The zero-order valence-electron chi connectivity index (χ0n) is 17.1. The van der Waals surface area contributed by atoms with Crippen molar-refractivity contribution in [1.29, 1.82) is 0 Å². The smallest absolute Gasteiger partial charge is 0.329 e. The summed E-state index contributed by atoms with van der Waals surface area (Å²) in [4.78, 5) is 45.2. The van der Waals surface area contributed by atoms with Crippen LogP contribution in [0.5, 0.6) is 0 Å². The maximum absolute atomic E-state index is 12.9. The highest BCUT2D eigenvalue weighted by atomic mass is 16.7. The number of hydrogen-bond donors (Lipinski definition) is 0. The van der Waals surface area contributed by atoms with Gasteiger partial charge >= 0.3 is 5.97 Å². The molecule has 0 aromatic heterocycles. The molecule has 0 radical (unpaired) electrons. The van der Waals surface area contributed by atoms with Gasteiger partial charge in [0.05, 0.1) is 0 Å². The van der Waals surface area contributed by atoms with Crippen LogP contribution in [0.2, 0.25) is 0 Å². The van der Waals surface area contributed by atoms with E-state index in [9.17, 15) is 14.4 Å². The predicted molar refractivity (Wildman–Crippen MR) is 106 cm³/mol. The van der Waals surface area contributed by atoms with Gasteiger partial charge in [0.25, 0.3) is 5.91 Å². The lowest BCUT2D eigenvalue weighted by atomic mass is 9.85. The molecule has 7 nitrogen and oxygen atoms in total. The third-order valence-electron chi connectivity index (χ3n) is 5.32. The molecule has 0 N–H and O–H groups in total. The quantitative estimate of drug-likeness (QED) is 0.794. The third-order valence-corrected chi connectivity index (χ3v) is 5.32. The van der Waals surface area contributed by atoms with Crippen molar-refractivity contribution in [1.82, 2.24) is 9.96 Å². The molecule has 2 heterocycles. The van der Waals surface area contributed by atoms with Crippen LogP contribution < -0.4 is 4.90 Å². The fourth-order valence-corrected chi connectivity index (χ4v) is 3.90. The van der Waals surface area contributed by atoms with Crippen LogP contribution in [0.3, 0.4) is 0 Å². The first-order valence-electron chi connectivity index (χ1n) is 9.82. The van der Waals surface area contributed by atoms with Crippen LogP contribution in [0.25, 0.3) is 0 Å². The van der Waals surface area contributed by atoms with Gasteiger partial charge in [0.15, 0.2) is 0 Å². The maximum Gasteiger partial charge on any atom is 0.329 e. The predicted octanol–water partition coefficient (Wildman–Crippen LogP) is 2.10. The number of carbonyl (C=O) groups is 3. The molecule has 152 valence electrons. The number of anilines is 1. The molecular formula is C21H29N3O4. The summed E-state index contributed by atoms with van der Waals surface area (Å²) in [5, 5.41) is 0.964. The Morgan fingerprint density at radius 1 is 1.07 bits per heavy atom. The molecule has 1 unspecified atom stereocenters. The third kappa shape index (κ3) is 4.13. The molecule has 0 spiro atoms. The minimum atomic E-state index is -0.704. The Balaban J connectivity index is 1.67. The van der Waals surface area contributed by atoms with E-state index in [1.165, 1.54) is 18.2 Å². The van der Waals surface area contributed by atoms with Crippen LogP contribution in [0.4, 0.5) is 5.69 Å². The number of benzene rings is 1. The number of nitrogens with zero attached hydrogens (tertiary/aromatic N) is 3. The lowest BCUT2D eigenvalue weighted by molar-refractivity contribution is -0.200. The summed E-state index contributed by atoms with van der Waals surface area (Å²) in [6.45, 7) is 10.5. The normalized spacial score (nSPS) is 20.5. The molecular weight excluding hydrogens is 358 g/mol. The highest BCUT2D eigenvalue weighted by Gasteiger charge is 2.41. The number of amides is 2. The summed E-state index contributed by atoms with van der Waals surface area (Å²) in [6, 6.07) is 7.70. The summed E-state index contributed by atoms with van der Waals surface area (Å²) in [5.74, 6) is -1.04. The minimum Gasteiger partial charge on any atom is -0.368 e. The second-order valence-corrected chi connectivity index (χ2v) is 8.44. The monoisotopic (exact) mass is 387 g/mol. The molecule has 3 rings (SSSR count). The van der Waals surface area contributed by atoms with E-state index < -0.39 is 12.0 Å². The Morgan fingerprint density at radius 3 is 2.32 bits per heavy atom. The van der Waals surface area contributed by atoms with E-state index in [0.717, 1.165) is 18.2 Å². The largest absolute Gasteiger partial charge is 0.368 e. The summed E-state index contributed by atoms with van der Waals surface area (Å²) in [6.07, 6.45) is 0.612. The molecule has 0 aliphatic carbocycles. The van der Waals surface area contributed by atoms with Gasteiger partial charge in [-0.15, -0.1) is 0 Å². The molecule has 7 heteroatoms. The summed E-state index contributed by atoms with van der Waals surface area (Å²) >= 11 is 0. The van der Waals surface area contributed by atoms with E-state index in [1.54, 1.807) is 4.90 Å². The second kappa shape index (κ2) is 7.81. The zero-order valence-corrected chi connectivity index (χ0v) is 17.1. The zero-order chi connectivity index (χ0) is 20.5. The van der Waals surface area contributed by atoms with Gasteiger partial charge in [-0.3, -0.25) is 14.4 Å². The SMILES string of the molecule is CC(=O)ON1C(=O)CCC1C(=O)N1CCN(c2ccccc2C(C)(C)C)CC1. The first-order chi connectivity index (χ1) is 13.2. The average Bonchev–Trinajstić information content (AvgIpc) is 3.00. The van der Waals surface area contributed by atoms with E-state index in [0.29, 0.717) is 19.5 Å². The number of para-hydroxylation sites is 1. The molecule has 28 heavy (non-hydrogen) atoms. The van der Waals surface area contributed by atoms with Crippen molar-refractivity contribution in [3.8, 4) is 0 Å². The first-order valence-corrected chi connectivity index (χ1v) is 9.82.